The molecule has 0 saturated carbocycles. The molecule has 0 N–H and O–H groups in total. The summed E-state index contributed by atoms with van der Waals surface area (Å²) >= 11 is 0. The average Bonchev–Trinajstić information content (AvgIpc) is 3.36. The standard InChI is InChI=1S/C21H22N4O3/c1-14-10-16(8-9-22-14)21(26)25-11-17(13-27-2)18(12-25)20-24-23-19(28-20)15-6-4-3-5-7-15/h3-10,17-18H,11-13H2,1-2H3. The molecule has 1 fully saturated rings. The van der Waals surface area contributed by atoms with Gasteiger partial charge in [0.2, 0.25) is 11.8 Å². The van der Waals surface area contributed by atoms with Crippen molar-refractivity contribution in [3.05, 3.63) is 65.8 Å². The maximum Gasteiger partial charge on any atom is 0.254 e. The van der Waals surface area contributed by atoms with Crippen molar-refractivity contribution in [1.29, 1.82) is 0 Å². The number of nitrogens with zero attached hydrogens (tertiary/aromatic N) is 4. The Hall–Kier alpha value is -3.06. The van der Waals surface area contributed by atoms with Crippen LogP contribution in [0.3, 0.4) is 0 Å². The molecule has 1 amide bonds. The highest BCUT2D eigenvalue weighted by Crippen LogP contribution is 2.34. The van der Waals surface area contributed by atoms with Crippen LogP contribution in [-0.2, 0) is 4.74 Å². The second kappa shape index (κ2) is 7.90. The molecule has 0 aliphatic carbocycles. The minimum absolute atomic E-state index is 0.0168. The summed E-state index contributed by atoms with van der Waals surface area (Å²) in [5.74, 6) is 1.05. The van der Waals surface area contributed by atoms with E-state index in [4.69, 9.17) is 9.15 Å². The summed E-state index contributed by atoms with van der Waals surface area (Å²) < 4.78 is 11.3. The fourth-order valence-electron chi connectivity index (χ4n) is 3.64. The van der Waals surface area contributed by atoms with Crippen LogP contribution in [0.2, 0.25) is 0 Å². The third-order valence-corrected chi connectivity index (χ3v) is 5.03. The highest BCUT2D eigenvalue weighted by molar-refractivity contribution is 5.94. The molecule has 7 nitrogen and oxygen atoms in total. The van der Waals surface area contributed by atoms with Crippen LogP contribution in [-0.4, -0.2) is 52.8 Å². The van der Waals surface area contributed by atoms with E-state index in [2.05, 4.69) is 15.2 Å². The van der Waals surface area contributed by atoms with Gasteiger partial charge in [0.05, 0.1) is 12.5 Å². The van der Waals surface area contributed by atoms with Crippen molar-refractivity contribution in [2.75, 3.05) is 26.8 Å². The molecule has 144 valence electrons. The maximum absolute atomic E-state index is 12.9. The van der Waals surface area contributed by atoms with Crippen LogP contribution in [0.5, 0.6) is 0 Å². The van der Waals surface area contributed by atoms with Gasteiger partial charge in [0.1, 0.15) is 0 Å². The van der Waals surface area contributed by atoms with Gasteiger partial charge in [-0.15, -0.1) is 10.2 Å². The van der Waals surface area contributed by atoms with Crippen LogP contribution in [0.4, 0.5) is 0 Å². The smallest absolute Gasteiger partial charge is 0.254 e. The van der Waals surface area contributed by atoms with E-state index in [0.717, 1.165) is 11.3 Å². The number of pyridine rings is 1. The average molecular weight is 378 g/mol. The Morgan fingerprint density at radius 1 is 1.21 bits per heavy atom. The van der Waals surface area contributed by atoms with Gasteiger partial charge < -0.3 is 14.1 Å². The number of likely N-dealkylation sites (tertiary alicyclic amines) is 1. The van der Waals surface area contributed by atoms with E-state index in [1.54, 1.807) is 25.4 Å². The van der Waals surface area contributed by atoms with Gasteiger partial charge >= 0.3 is 0 Å². The van der Waals surface area contributed by atoms with E-state index in [1.165, 1.54) is 0 Å². The van der Waals surface area contributed by atoms with E-state index in [9.17, 15) is 4.79 Å². The van der Waals surface area contributed by atoms with Crippen molar-refractivity contribution in [3.8, 4) is 11.5 Å². The first-order valence-corrected chi connectivity index (χ1v) is 9.25. The van der Waals surface area contributed by atoms with Gasteiger partial charge in [0.15, 0.2) is 0 Å². The lowest BCUT2D eigenvalue weighted by molar-refractivity contribution is 0.0775. The van der Waals surface area contributed by atoms with E-state index >= 15 is 0 Å². The minimum atomic E-state index is -0.0585. The first kappa shape index (κ1) is 18.3. The SMILES string of the molecule is COCC1CN(C(=O)c2ccnc(C)c2)CC1c1nnc(-c2ccccc2)o1. The highest BCUT2D eigenvalue weighted by Gasteiger charge is 2.39. The van der Waals surface area contributed by atoms with E-state index < -0.39 is 0 Å². The van der Waals surface area contributed by atoms with Crippen LogP contribution >= 0.6 is 0 Å². The molecular weight excluding hydrogens is 356 g/mol. The van der Waals surface area contributed by atoms with Crippen molar-refractivity contribution in [2.24, 2.45) is 5.92 Å². The number of aryl methyl sites for hydroxylation is 1. The number of aromatic nitrogens is 3. The van der Waals surface area contributed by atoms with Crippen LogP contribution < -0.4 is 0 Å². The second-order valence-corrected chi connectivity index (χ2v) is 7.03. The summed E-state index contributed by atoms with van der Waals surface area (Å²) in [5.41, 5.74) is 2.34. The second-order valence-electron chi connectivity index (χ2n) is 7.03. The lowest BCUT2D eigenvalue weighted by Crippen LogP contribution is -2.29. The Morgan fingerprint density at radius 3 is 2.79 bits per heavy atom. The monoisotopic (exact) mass is 378 g/mol. The quantitative estimate of drug-likeness (QED) is 0.679. The van der Waals surface area contributed by atoms with Crippen LogP contribution in [0.15, 0.2) is 53.1 Å². The van der Waals surface area contributed by atoms with Crippen LogP contribution in [0.1, 0.15) is 27.9 Å². The molecule has 2 atom stereocenters. The first-order chi connectivity index (χ1) is 13.7. The summed E-state index contributed by atoms with van der Waals surface area (Å²) in [5, 5.41) is 8.46. The molecule has 28 heavy (non-hydrogen) atoms. The zero-order chi connectivity index (χ0) is 19.5. The van der Waals surface area contributed by atoms with Crippen molar-refractivity contribution in [1.82, 2.24) is 20.1 Å². The zero-order valence-electron chi connectivity index (χ0n) is 15.9. The van der Waals surface area contributed by atoms with Gasteiger partial charge in [-0.3, -0.25) is 9.78 Å². The van der Waals surface area contributed by atoms with E-state index in [0.29, 0.717) is 37.0 Å². The topological polar surface area (TPSA) is 81.4 Å². The Balaban J connectivity index is 1.56. The number of methoxy groups -OCH3 is 1. The number of carbonyl (C=O) groups is 1. The van der Waals surface area contributed by atoms with Gasteiger partial charge in [-0.25, -0.2) is 0 Å². The fraction of sp³-hybridized carbons (Fsp3) is 0.333. The molecule has 4 rings (SSSR count). The lowest BCUT2D eigenvalue weighted by atomic mass is 9.97. The molecular formula is C21H22N4O3. The predicted octanol–water partition coefficient (Wildman–Crippen LogP) is 2.94. The third kappa shape index (κ3) is 3.66. The molecule has 0 radical (unpaired) electrons. The number of benzene rings is 1. The molecule has 3 heterocycles. The van der Waals surface area contributed by atoms with Crippen molar-refractivity contribution < 1.29 is 13.9 Å². The number of ether oxygens (including phenoxy) is 1. The number of carbonyl (C=O) groups excluding carboxylic acids is 1. The van der Waals surface area contributed by atoms with Gasteiger partial charge in [0, 0.05) is 49.1 Å². The van der Waals surface area contributed by atoms with Gasteiger partial charge in [-0.2, -0.15) is 0 Å². The molecule has 2 unspecified atom stereocenters. The largest absolute Gasteiger partial charge is 0.420 e. The van der Waals surface area contributed by atoms with Crippen molar-refractivity contribution >= 4 is 5.91 Å². The molecule has 2 aromatic heterocycles. The first-order valence-electron chi connectivity index (χ1n) is 9.25. The van der Waals surface area contributed by atoms with Crippen LogP contribution in [0, 0.1) is 12.8 Å². The predicted molar refractivity (Wildman–Crippen MR) is 103 cm³/mol. The third-order valence-electron chi connectivity index (χ3n) is 5.03. The van der Waals surface area contributed by atoms with Gasteiger partial charge in [-0.1, -0.05) is 18.2 Å². The normalized spacial score (nSPS) is 19.1. The number of rotatable bonds is 5. The summed E-state index contributed by atoms with van der Waals surface area (Å²) in [7, 11) is 1.66. The molecule has 1 aliphatic rings. The fourth-order valence-corrected chi connectivity index (χ4v) is 3.64. The highest BCUT2D eigenvalue weighted by atomic mass is 16.5. The van der Waals surface area contributed by atoms with Crippen LogP contribution in [0.25, 0.3) is 11.5 Å². The Kier molecular flexibility index (Phi) is 5.16. The van der Waals surface area contributed by atoms with Crippen molar-refractivity contribution in [2.45, 2.75) is 12.8 Å². The van der Waals surface area contributed by atoms with Gasteiger partial charge in [-0.05, 0) is 31.2 Å². The Morgan fingerprint density at radius 2 is 2.04 bits per heavy atom. The molecule has 1 saturated heterocycles. The maximum atomic E-state index is 12.9. The summed E-state index contributed by atoms with van der Waals surface area (Å²) in [6.45, 7) is 3.50. The minimum Gasteiger partial charge on any atom is -0.420 e. The molecule has 1 aromatic carbocycles. The zero-order valence-corrected chi connectivity index (χ0v) is 15.9. The van der Waals surface area contributed by atoms with Gasteiger partial charge in [0.25, 0.3) is 5.91 Å². The number of hydrogen-bond acceptors (Lipinski definition) is 6. The molecule has 0 spiro atoms. The molecule has 7 heteroatoms. The molecule has 1 aliphatic heterocycles. The lowest BCUT2D eigenvalue weighted by Gasteiger charge is -2.16. The van der Waals surface area contributed by atoms with E-state index in [-0.39, 0.29) is 17.7 Å². The Bertz CT molecular complexity index is 957. The van der Waals surface area contributed by atoms with Crippen molar-refractivity contribution in [3.63, 3.8) is 0 Å². The number of hydrogen-bond donors (Lipinski definition) is 0. The Labute approximate surface area is 163 Å². The number of amides is 1. The molecule has 0 bridgehead atoms. The summed E-state index contributed by atoms with van der Waals surface area (Å²) in [6.07, 6.45) is 1.66. The summed E-state index contributed by atoms with van der Waals surface area (Å²) in [4.78, 5) is 18.9. The summed E-state index contributed by atoms with van der Waals surface area (Å²) in [6, 6.07) is 13.2. The van der Waals surface area contributed by atoms with E-state index in [1.807, 2.05) is 42.2 Å². The molecule has 3 aromatic rings.